The summed E-state index contributed by atoms with van der Waals surface area (Å²) >= 11 is 0. The second-order valence-corrected chi connectivity index (χ2v) is 5.23. The molecule has 5 heteroatoms. The van der Waals surface area contributed by atoms with Gasteiger partial charge >= 0.3 is 0 Å². The number of aromatic nitrogens is 1. The summed E-state index contributed by atoms with van der Waals surface area (Å²) in [7, 11) is 1.50. The minimum atomic E-state index is -0.598. The Kier molecular flexibility index (Phi) is 6.09. The maximum absolute atomic E-state index is 12.8. The lowest BCUT2D eigenvalue weighted by atomic mass is 9.95. The number of rotatable bonds is 7. The lowest BCUT2D eigenvalue weighted by Crippen LogP contribution is -2.29. The Bertz CT molecular complexity index is 647. The molecule has 0 aliphatic carbocycles. The Labute approximate surface area is 135 Å². The molecule has 2 rings (SSSR count). The first-order chi connectivity index (χ1) is 11.2. The third kappa shape index (κ3) is 4.28. The monoisotopic (exact) mass is 316 g/mol. The molecule has 0 fully saturated rings. The standard InChI is InChI=1S/C18H21FN2O2/c1-3-16(14-7-5-4-6-8-14)17(22)20-12-15-9-13(10-19)11-21-18(15)23-2/h4-9,11,16H,3,10,12H2,1-2H3,(H,20,22)/t16-/m0/s1. The second-order valence-electron chi connectivity index (χ2n) is 5.23. The van der Waals surface area contributed by atoms with Crippen LogP contribution in [0.2, 0.25) is 0 Å². The molecule has 1 aromatic carbocycles. The number of hydrogen-bond acceptors (Lipinski definition) is 3. The Morgan fingerprint density at radius 3 is 2.70 bits per heavy atom. The zero-order chi connectivity index (χ0) is 16.7. The summed E-state index contributed by atoms with van der Waals surface area (Å²) in [6.45, 7) is 1.63. The van der Waals surface area contributed by atoms with Crippen LogP contribution in [0.4, 0.5) is 4.39 Å². The highest BCUT2D eigenvalue weighted by Crippen LogP contribution is 2.21. The maximum atomic E-state index is 12.8. The van der Waals surface area contributed by atoms with E-state index < -0.39 is 6.67 Å². The van der Waals surface area contributed by atoms with Gasteiger partial charge in [0.25, 0.3) is 0 Å². The predicted molar refractivity (Wildman–Crippen MR) is 86.9 cm³/mol. The fraction of sp³-hybridized carbons (Fsp3) is 0.333. The maximum Gasteiger partial charge on any atom is 0.227 e. The van der Waals surface area contributed by atoms with E-state index >= 15 is 0 Å². The number of pyridine rings is 1. The van der Waals surface area contributed by atoms with E-state index in [1.54, 1.807) is 6.07 Å². The Balaban J connectivity index is 2.09. The van der Waals surface area contributed by atoms with Crippen molar-refractivity contribution in [1.82, 2.24) is 10.3 Å². The minimum absolute atomic E-state index is 0.0635. The molecule has 4 nitrogen and oxygen atoms in total. The quantitative estimate of drug-likeness (QED) is 0.852. The molecule has 122 valence electrons. The third-order valence-corrected chi connectivity index (χ3v) is 3.71. The van der Waals surface area contributed by atoms with Gasteiger partial charge in [0.05, 0.1) is 13.0 Å². The van der Waals surface area contributed by atoms with Gasteiger partial charge in [-0.3, -0.25) is 4.79 Å². The molecule has 0 radical (unpaired) electrons. The van der Waals surface area contributed by atoms with Crippen molar-refractivity contribution in [1.29, 1.82) is 0 Å². The van der Waals surface area contributed by atoms with Crippen molar-refractivity contribution >= 4 is 5.91 Å². The zero-order valence-corrected chi connectivity index (χ0v) is 13.4. The largest absolute Gasteiger partial charge is 0.481 e. The molecule has 2 aromatic rings. The van der Waals surface area contributed by atoms with Crippen LogP contribution in [0, 0.1) is 0 Å². The fourth-order valence-electron chi connectivity index (χ4n) is 2.49. The summed E-state index contributed by atoms with van der Waals surface area (Å²) in [6, 6.07) is 11.3. The summed E-state index contributed by atoms with van der Waals surface area (Å²) in [5.74, 6) is 0.126. The summed E-state index contributed by atoms with van der Waals surface area (Å²) in [5.41, 5.74) is 2.11. The first-order valence-electron chi connectivity index (χ1n) is 7.60. The van der Waals surface area contributed by atoms with Gasteiger partial charge in [0.2, 0.25) is 11.8 Å². The Hall–Kier alpha value is -2.43. The number of methoxy groups -OCH3 is 1. The van der Waals surface area contributed by atoms with E-state index in [0.29, 0.717) is 23.4 Å². The second kappa shape index (κ2) is 8.27. The number of amides is 1. The Morgan fingerprint density at radius 1 is 1.35 bits per heavy atom. The Morgan fingerprint density at radius 2 is 2.09 bits per heavy atom. The molecule has 1 atom stereocenters. The van der Waals surface area contributed by atoms with Crippen LogP contribution in [0.25, 0.3) is 0 Å². The van der Waals surface area contributed by atoms with Crippen molar-refractivity contribution in [2.45, 2.75) is 32.5 Å². The van der Waals surface area contributed by atoms with Gasteiger partial charge in [-0.05, 0) is 18.1 Å². The summed E-state index contributed by atoms with van der Waals surface area (Å²) < 4.78 is 17.9. The molecule has 0 saturated carbocycles. The van der Waals surface area contributed by atoms with Crippen molar-refractivity contribution in [3.63, 3.8) is 0 Å². The number of ether oxygens (including phenoxy) is 1. The van der Waals surface area contributed by atoms with E-state index in [-0.39, 0.29) is 18.4 Å². The first kappa shape index (κ1) is 16.9. The number of halogens is 1. The summed E-state index contributed by atoms with van der Waals surface area (Å²) in [5, 5.41) is 2.89. The van der Waals surface area contributed by atoms with Gasteiger partial charge in [0.15, 0.2) is 0 Å². The number of carbonyl (C=O) groups excluding carboxylic acids is 1. The fourth-order valence-corrected chi connectivity index (χ4v) is 2.49. The smallest absolute Gasteiger partial charge is 0.227 e. The number of nitrogens with zero attached hydrogens (tertiary/aromatic N) is 1. The molecule has 1 aromatic heterocycles. The highest BCUT2D eigenvalue weighted by molar-refractivity contribution is 5.83. The number of benzene rings is 1. The zero-order valence-electron chi connectivity index (χ0n) is 13.4. The first-order valence-corrected chi connectivity index (χ1v) is 7.60. The number of nitrogens with one attached hydrogen (secondary N) is 1. The predicted octanol–water partition coefficient (Wildman–Crippen LogP) is 3.37. The third-order valence-electron chi connectivity index (χ3n) is 3.71. The minimum Gasteiger partial charge on any atom is -0.481 e. The normalized spacial score (nSPS) is 11.8. The van der Waals surface area contributed by atoms with Gasteiger partial charge in [-0.25, -0.2) is 9.37 Å². The van der Waals surface area contributed by atoms with Gasteiger partial charge in [-0.15, -0.1) is 0 Å². The molecule has 1 N–H and O–H groups in total. The summed E-state index contributed by atoms with van der Waals surface area (Å²) in [4.78, 5) is 16.5. The molecule has 0 aliphatic rings. The lowest BCUT2D eigenvalue weighted by molar-refractivity contribution is -0.122. The summed E-state index contributed by atoms with van der Waals surface area (Å²) in [6.07, 6.45) is 2.14. The number of alkyl halides is 1. The number of hydrogen-bond donors (Lipinski definition) is 1. The van der Waals surface area contributed by atoms with Crippen LogP contribution in [0.1, 0.15) is 36.0 Å². The van der Waals surface area contributed by atoms with Crippen molar-refractivity contribution in [2.75, 3.05) is 7.11 Å². The topological polar surface area (TPSA) is 51.2 Å². The molecule has 0 unspecified atom stereocenters. The van der Waals surface area contributed by atoms with E-state index in [1.807, 2.05) is 37.3 Å². The van der Waals surface area contributed by atoms with E-state index in [9.17, 15) is 9.18 Å². The molecule has 0 aliphatic heterocycles. The van der Waals surface area contributed by atoms with Crippen molar-refractivity contribution in [2.24, 2.45) is 0 Å². The van der Waals surface area contributed by atoms with Gasteiger partial charge < -0.3 is 10.1 Å². The highest BCUT2D eigenvalue weighted by Gasteiger charge is 2.18. The van der Waals surface area contributed by atoms with Crippen molar-refractivity contribution in [3.8, 4) is 5.88 Å². The van der Waals surface area contributed by atoms with Crippen LogP contribution in [-0.2, 0) is 18.0 Å². The van der Waals surface area contributed by atoms with Crippen LogP contribution >= 0.6 is 0 Å². The molecular formula is C18H21FN2O2. The van der Waals surface area contributed by atoms with Gasteiger partial charge in [0.1, 0.15) is 6.67 Å². The molecule has 1 amide bonds. The van der Waals surface area contributed by atoms with Gasteiger partial charge in [-0.1, -0.05) is 37.3 Å². The molecule has 0 saturated heterocycles. The van der Waals surface area contributed by atoms with Crippen LogP contribution in [-0.4, -0.2) is 18.0 Å². The van der Waals surface area contributed by atoms with E-state index in [0.717, 1.165) is 5.56 Å². The molecule has 23 heavy (non-hydrogen) atoms. The SMILES string of the molecule is CC[C@H](C(=O)NCc1cc(CF)cnc1OC)c1ccccc1. The van der Waals surface area contributed by atoms with E-state index in [4.69, 9.17) is 4.74 Å². The van der Waals surface area contributed by atoms with Gasteiger partial charge in [-0.2, -0.15) is 0 Å². The average Bonchev–Trinajstić information content (AvgIpc) is 2.61. The van der Waals surface area contributed by atoms with Crippen LogP contribution in [0.15, 0.2) is 42.6 Å². The van der Waals surface area contributed by atoms with Crippen LogP contribution in [0.5, 0.6) is 5.88 Å². The highest BCUT2D eigenvalue weighted by atomic mass is 19.1. The molecule has 0 spiro atoms. The van der Waals surface area contributed by atoms with Crippen LogP contribution in [0.3, 0.4) is 0 Å². The van der Waals surface area contributed by atoms with E-state index in [2.05, 4.69) is 10.3 Å². The molecule has 1 heterocycles. The van der Waals surface area contributed by atoms with Crippen LogP contribution < -0.4 is 10.1 Å². The lowest BCUT2D eigenvalue weighted by Gasteiger charge is -2.16. The van der Waals surface area contributed by atoms with Crippen molar-refractivity contribution in [3.05, 3.63) is 59.3 Å². The molecular weight excluding hydrogens is 295 g/mol. The van der Waals surface area contributed by atoms with E-state index in [1.165, 1.54) is 13.3 Å². The number of carbonyl (C=O) groups is 1. The molecule has 0 bridgehead atoms. The van der Waals surface area contributed by atoms with Crippen molar-refractivity contribution < 1.29 is 13.9 Å². The average molecular weight is 316 g/mol. The van der Waals surface area contributed by atoms with Gasteiger partial charge in [0, 0.05) is 23.9 Å².